The van der Waals surface area contributed by atoms with Gasteiger partial charge in [0.2, 0.25) is 0 Å². The number of hydrogen-bond acceptors (Lipinski definition) is 6. The van der Waals surface area contributed by atoms with Crippen molar-refractivity contribution in [3.8, 4) is 6.07 Å². The van der Waals surface area contributed by atoms with Crippen LogP contribution in [0, 0.1) is 11.3 Å². The molecule has 0 heterocycles. The first-order valence-corrected chi connectivity index (χ1v) is 15.5. The Morgan fingerprint density at radius 3 is 2.00 bits per heavy atom. The number of hydrogen-bond donors (Lipinski definition) is 3. The Kier molecular flexibility index (Phi) is 24.4. The van der Waals surface area contributed by atoms with Gasteiger partial charge in [-0.15, -0.1) is 0 Å². The van der Waals surface area contributed by atoms with Gasteiger partial charge in [-0.3, -0.25) is 9.05 Å². The van der Waals surface area contributed by atoms with Crippen molar-refractivity contribution in [2.45, 2.75) is 135 Å². The zero-order valence-electron chi connectivity index (χ0n) is 22.5. The normalized spacial score (nSPS) is 15.2. The molecule has 8 heteroatoms. The van der Waals surface area contributed by atoms with E-state index in [2.05, 4.69) is 19.2 Å². The molecule has 0 fully saturated rings. The highest BCUT2D eigenvalue weighted by Gasteiger charge is 2.25. The van der Waals surface area contributed by atoms with E-state index in [4.69, 9.17) is 14.3 Å². The summed E-state index contributed by atoms with van der Waals surface area (Å²) >= 11 is 0. The smallest absolute Gasteiger partial charge is 0.387 e. The third-order valence-electron chi connectivity index (χ3n) is 6.04. The Morgan fingerprint density at radius 2 is 1.43 bits per heavy atom. The van der Waals surface area contributed by atoms with E-state index in [-0.39, 0.29) is 19.6 Å². The zero-order valence-corrected chi connectivity index (χ0v) is 23.4. The van der Waals surface area contributed by atoms with Gasteiger partial charge in [0.1, 0.15) is 0 Å². The lowest BCUT2D eigenvalue weighted by atomic mass is 10.0. The molecule has 0 aromatic rings. The fourth-order valence-electron chi connectivity index (χ4n) is 3.83. The number of aliphatic hydroxyl groups excluding tert-OH is 1. The fourth-order valence-corrected chi connectivity index (χ4v) is 4.58. The van der Waals surface area contributed by atoms with E-state index in [1.54, 1.807) is 6.08 Å². The van der Waals surface area contributed by atoms with E-state index < -0.39 is 20.0 Å². The van der Waals surface area contributed by atoms with Crippen molar-refractivity contribution in [3.63, 3.8) is 0 Å². The first-order chi connectivity index (χ1) is 17.0. The molecule has 3 atom stereocenters. The number of allylic oxidation sites excluding steroid dienone is 1. The lowest BCUT2D eigenvalue weighted by Crippen LogP contribution is -2.43. The number of phosphoric ester groups is 1. The van der Waals surface area contributed by atoms with Crippen LogP contribution in [-0.4, -0.2) is 41.9 Å². The first kappa shape index (κ1) is 34.3. The summed E-state index contributed by atoms with van der Waals surface area (Å²) in [6.45, 7) is 4.78. The minimum atomic E-state index is -4.25. The van der Waals surface area contributed by atoms with Gasteiger partial charge in [-0.2, -0.15) is 5.26 Å². The van der Waals surface area contributed by atoms with Crippen LogP contribution in [-0.2, 0) is 13.6 Å². The second-order valence-electron chi connectivity index (χ2n) is 9.37. The summed E-state index contributed by atoms with van der Waals surface area (Å²) in [4.78, 5) is 9.79. The number of rotatable bonds is 26. The molecule has 0 aromatic carbocycles. The topological polar surface area (TPSA) is 112 Å². The van der Waals surface area contributed by atoms with Gasteiger partial charge < -0.3 is 15.3 Å². The molecule has 0 amide bonds. The molecule has 0 saturated carbocycles. The molecule has 3 N–H and O–H groups in total. The molecule has 0 aliphatic heterocycles. The Balaban J connectivity index is 4.23. The average molecular weight is 517 g/mol. The van der Waals surface area contributed by atoms with Crippen LogP contribution in [0.1, 0.15) is 123 Å². The number of phosphoric acid groups is 1. The minimum Gasteiger partial charge on any atom is -0.387 e. The maximum absolute atomic E-state index is 12.0. The van der Waals surface area contributed by atoms with Gasteiger partial charge in [-0.1, -0.05) is 109 Å². The van der Waals surface area contributed by atoms with Crippen molar-refractivity contribution < 1.29 is 23.6 Å². The lowest BCUT2D eigenvalue weighted by Gasteiger charge is -2.23. The molecule has 0 radical (unpaired) electrons. The summed E-state index contributed by atoms with van der Waals surface area (Å²) in [5, 5.41) is 22.4. The molecule has 0 aliphatic rings. The first-order valence-electron chi connectivity index (χ1n) is 14.0. The quantitative estimate of drug-likeness (QED) is 0.0633. The standard InChI is InChI=1S/C27H53N2O5P/c1-3-5-7-9-10-11-12-13-14-15-16-17-18-21-27(30)26(29-23-19-8-6-4-2)25-34-35(31,32)33-24-20-22-28/h18,21,26-27,29-30H,3-17,19-20,23-25H2,1-2H3,(H,31,32)/b21-18+/t26-,27+/m1/s1. The van der Waals surface area contributed by atoms with Crippen molar-refractivity contribution in [1.82, 2.24) is 5.32 Å². The summed E-state index contributed by atoms with van der Waals surface area (Å²) in [6.07, 6.45) is 22.6. The van der Waals surface area contributed by atoms with Crippen LogP contribution in [0.15, 0.2) is 12.2 Å². The number of nitriles is 1. The van der Waals surface area contributed by atoms with Crippen LogP contribution in [0.2, 0.25) is 0 Å². The van der Waals surface area contributed by atoms with Gasteiger partial charge in [-0.05, 0) is 25.8 Å². The van der Waals surface area contributed by atoms with E-state index >= 15 is 0 Å². The molecule has 0 saturated heterocycles. The predicted octanol–water partition coefficient (Wildman–Crippen LogP) is 7.19. The van der Waals surface area contributed by atoms with Crippen LogP contribution >= 0.6 is 7.82 Å². The molecule has 0 aromatic heterocycles. The Bertz CT molecular complexity index is 582. The molecule has 35 heavy (non-hydrogen) atoms. The van der Waals surface area contributed by atoms with Gasteiger partial charge >= 0.3 is 7.82 Å². The summed E-state index contributed by atoms with van der Waals surface area (Å²) in [5.41, 5.74) is 0. The summed E-state index contributed by atoms with van der Waals surface area (Å²) < 4.78 is 21.8. The van der Waals surface area contributed by atoms with E-state index in [1.807, 2.05) is 12.1 Å². The van der Waals surface area contributed by atoms with E-state index in [0.29, 0.717) is 6.54 Å². The molecule has 0 spiro atoms. The Hall–Kier alpha value is -0.740. The highest BCUT2D eigenvalue weighted by atomic mass is 31.2. The third-order valence-corrected chi connectivity index (χ3v) is 7.03. The van der Waals surface area contributed by atoms with Crippen molar-refractivity contribution in [2.75, 3.05) is 19.8 Å². The van der Waals surface area contributed by atoms with Gasteiger partial charge in [0, 0.05) is 0 Å². The number of unbranched alkanes of at least 4 members (excludes halogenated alkanes) is 14. The number of nitrogens with one attached hydrogen (secondary N) is 1. The summed E-state index contributed by atoms with van der Waals surface area (Å²) in [6, 6.07) is 1.34. The largest absolute Gasteiger partial charge is 0.472 e. The number of aliphatic hydroxyl groups is 1. The molecule has 7 nitrogen and oxygen atoms in total. The monoisotopic (exact) mass is 516 g/mol. The highest BCUT2D eigenvalue weighted by molar-refractivity contribution is 7.47. The second kappa shape index (κ2) is 24.9. The van der Waals surface area contributed by atoms with Crippen LogP contribution in [0.5, 0.6) is 0 Å². The summed E-state index contributed by atoms with van der Waals surface area (Å²) in [5.74, 6) is 0. The van der Waals surface area contributed by atoms with Gasteiger partial charge in [0.25, 0.3) is 0 Å². The molecular formula is C27H53N2O5P. The zero-order chi connectivity index (χ0) is 26.0. The van der Waals surface area contributed by atoms with Gasteiger partial charge in [-0.25, -0.2) is 4.57 Å². The maximum atomic E-state index is 12.0. The maximum Gasteiger partial charge on any atom is 0.472 e. The van der Waals surface area contributed by atoms with Crippen molar-refractivity contribution in [1.29, 1.82) is 5.26 Å². The molecule has 0 bridgehead atoms. The Morgan fingerprint density at radius 1 is 0.886 bits per heavy atom. The van der Waals surface area contributed by atoms with E-state index in [1.165, 1.54) is 64.2 Å². The number of nitrogens with zero attached hydrogens (tertiary/aromatic N) is 1. The minimum absolute atomic E-state index is 0.0113. The van der Waals surface area contributed by atoms with Crippen molar-refractivity contribution >= 4 is 7.82 Å². The van der Waals surface area contributed by atoms with E-state index in [0.717, 1.165) is 38.5 Å². The predicted molar refractivity (Wildman–Crippen MR) is 144 cm³/mol. The molecular weight excluding hydrogens is 463 g/mol. The van der Waals surface area contributed by atoms with Crippen LogP contribution in [0.3, 0.4) is 0 Å². The third kappa shape index (κ3) is 23.4. The SMILES string of the molecule is CCCCCCCCCCCCC/C=C/[C@H](O)[C@@H](COP(=O)(O)OCCC#N)NCCCCCC. The average Bonchev–Trinajstić information content (AvgIpc) is 2.83. The van der Waals surface area contributed by atoms with Gasteiger partial charge in [0.05, 0.1) is 37.8 Å². The van der Waals surface area contributed by atoms with Crippen LogP contribution in [0.4, 0.5) is 0 Å². The second-order valence-corrected chi connectivity index (χ2v) is 10.8. The molecule has 0 rings (SSSR count). The van der Waals surface area contributed by atoms with Crippen LogP contribution < -0.4 is 5.32 Å². The highest BCUT2D eigenvalue weighted by Crippen LogP contribution is 2.43. The van der Waals surface area contributed by atoms with Crippen molar-refractivity contribution in [2.24, 2.45) is 0 Å². The van der Waals surface area contributed by atoms with E-state index in [9.17, 15) is 14.6 Å². The lowest BCUT2D eigenvalue weighted by molar-refractivity contribution is 0.0986. The van der Waals surface area contributed by atoms with Gasteiger partial charge in [0.15, 0.2) is 0 Å². The summed E-state index contributed by atoms with van der Waals surface area (Å²) in [7, 11) is -4.25. The molecule has 206 valence electrons. The fraction of sp³-hybridized carbons (Fsp3) is 0.889. The molecule has 1 unspecified atom stereocenters. The van der Waals surface area contributed by atoms with Crippen molar-refractivity contribution in [3.05, 3.63) is 12.2 Å². The molecule has 0 aliphatic carbocycles. The van der Waals surface area contributed by atoms with Crippen LogP contribution in [0.25, 0.3) is 0 Å². The Labute approximate surface area is 215 Å².